The highest BCUT2D eigenvalue weighted by Gasteiger charge is 2.14. The second-order valence-electron chi connectivity index (χ2n) is 4.18. The van der Waals surface area contributed by atoms with Crippen molar-refractivity contribution in [2.24, 2.45) is 0 Å². The Bertz CT molecular complexity index is 722. The number of halogens is 2. The Balaban J connectivity index is 2.53. The lowest BCUT2D eigenvalue weighted by Crippen LogP contribution is -2.19. The average Bonchev–Trinajstić information content (AvgIpc) is 2.36. The van der Waals surface area contributed by atoms with E-state index >= 15 is 0 Å². The van der Waals surface area contributed by atoms with Crippen LogP contribution in [-0.2, 0) is 17.8 Å². The van der Waals surface area contributed by atoms with Crippen LogP contribution in [0.25, 0.3) is 0 Å². The standard InChI is InChI=1S/C13H12ClFN2O2S/c1-19-6-11-8(12(18)17-13(20)16-11)5-7-9(14)3-2-4-10(7)15/h2-4H,5-6H2,1H3,(H2,16,17,18,20). The second-order valence-corrected chi connectivity index (χ2v) is 4.99. The van der Waals surface area contributed by atoms with Gasteiger partial charge in [0.25, 0.3) is 5.56 Å². The summed E-state index contributed by atoms with van der Waals surface area (Å²) < 4.78 is 19.0. The summed E-state index contributed by atoms with van der Waals surface area (Å²) >= 11 is 10.9. The number of H-pyrrole nitrogens is 2. The van der Waals surface area contributed by atoms with Gasteiger partial charge in [-0.3, -0.25) is 9.78 Å². The maximum absolute atomic E-state index is 13.8. The van der Waals surface area contributed by atoms with Crippen molar-refractivity contribution in [1.82, 2.24) is 9.97 Å². The number of hydrogen-bond acceptors (Lipinski definition) is 3. The van der Waals surface area contributed by atoms with E-state index in [-0.39, 0.29) is 33.9 Å². The molecule has 2 aromatic rings. The molecule has 20 heavy (non-hydrogen) atoms. The average molecular weight is 315 g/mol. The molecule has 1 aromatic heterocycles. The first-order chi connectivity index (χ1) is 9.52. The molecule has 0 spiro atoms. The molecule has 0 saturated carbocycles. The van der Waals surface area contributed by atoms with Gasteiger partial charge in [-0.05, 0) is 24.4 Å². The van der Waals surface area contributed by atoms with E-state index in [1.54, 1.807) is 6.07 Å². The van der Waals surface area contributed by atoms with E-state index in [0.717, 1.165) is 0 Å². The molecule has 0 fully saturated rings. The van der Waals surface area contributed by atoms with Crippen molar-refractivity contribution in [2.45, 2.75) is 13.0 Å². The molecule has 4 nitrogen and oxygen atoms in total. The number of ether oxygens (including phenoxy) is 1. The molecule has 0 bridgehead atoms. The first-order valence-corrected chi connectivity index (χ1v) is 6.57. The van der Waals surface area contributed by atoms with E-state index in [9.17, 15) is 9.18 Å². The van der Waals surface area contributed by atoms with Gasteiger partial charge in [0.2, 0.25) is 0 Å². The van der Waals surface area contributed by atoms with E-state index < -0.39 is 5.82 Å². The molecule has 0 aliphatic rings. The predicted molar refractivity (Wildman–Crippen MR) is 77.2 cm³/mol. The van der Waals surface area contributed by atoms with Crippen LogP contribution >= 0.6 is 23.8 Å². The molecule has 1 heterocycles. The zero-order valence-corrected chi connectivity index (χ0v) is 12.2. The van der Waals surface area contributed by atoms with Crippen molar-refractivity contribution in [3.63, 3.8) is 0 Å². The van der Waals surface area contributed by atoms with Crippen molar-refractivity contribution >= 4 is 23.8 Å². The van der Waals surface area contributed by atoms with Crippen molar-refractivity contribution in [1.29, 1.82) is 0 Å². The number of aromatic nitrogens is 2. The Morgan fingerprint density at radius 2 is 2.10 bits per heavy atom. The van der Waals surface area contributed by atoms with Crippen molar-refractivity contribution in [2.75, 3.05) is 7.11 Å². The molecule has 0 radical (unpaired) electrons. The van der Waals surface area contributed by atoms with E-state index in [2.05, 4.69) is 9.97 Å². The van der Waals surface area contributed by atoms with Crippen LogP contribution in [0, 0.1) is 10.6 Å². The molecule has 0 atom stereocenters. The number of methoxy groups -OCH3 is 1. The highest BCUT2D eigenvalue weighted by atomic mass is 35.5. The van der Waals surface area contributed by atoms with Crippen LogP contribution in [0.4, 0.5) is 4.39 Å². The van der Waals surface area contributed by atoms with Crippen LogP contribution in [0.2, 0.25) is 5.02 Å². The number of nitrogens with one attached hydrogen (secondary N) is 2. The molecule has 0 unspecified atom stereocenters. The summed E-state index contributed by atoms with van der Waals surface area (Å²) in [6, 6.07) is 4.39. The minimum absolute atomic E-state index is 0.0612. The third-order valence-electron chi connectivity index (χ3n) is 2.83. The van der Waals surface area contributed by atoms with Crippen LogP contribution in [0.1, 0.15) is 16.8 Å². The summed E-state index contributed by atoms with van der Waals surface area (Å²) in [7, 11) is 1.50. The molecule has 106 valence electrons. The topological polar surface area (TPSA) is 57.9 Å². The predicted octanol–water partition coefficient (Wildman–Crippen LogP) is 2.96. The third kappa shape index (κ3) is 3.15. The minimum Gasteiger partial charge on any atom is -0.378 e. The smallest absolute Gasteiger partial charge is 0.255 e. The normalized spacial score (nSPS) is 10.8. The fourth-order valence-corrected chi connectivity index (χ4v) is 2.34. The lowest BCUT2D eigenvalue weighted by molar-refractivity contribution is 0.180. The molecule has 2 rings (SSSR count). The van der Waals surface area contributed by atoms with Crippen LogP contribution in [0.5, 0.6) is 0 Å². The summed E-state index contributed by atoms with van der Waals surface area (Å²) in [5.74, 6) is -0.456. The van der Waals surface area contributed by atoms with Crippen LogP contribution in [0.3, 0.4) is 0 Å². The van der Waals surface area contributed by atoms with Crippen LogP contribution in [-0.4, -0.2) is 17.1 Å². The molecular weight excluding hydrogens is 303 g/mol. The minimum atomic E-state index is -0.456. The Morgan fingerprint density at radius 3 is 2.75 bits per heavy atom. The summed E-state index contributed by atoms with van der Waals surface area (Å²) in [6.07, 6.45) is 0.0612. The third-order valence-corrected chi connectivity index (χ3v) is 3.39. The van der Waals surface area contributed by atoms with Gasteiger partial charge in [-0.15, -0.1) is 0 Å². The van der Waals surface area contributed by atoms with Gasteiger partial charge in [0.15, 0.2) is 4.77 Å². The Labute approximate surface area is 124 Å². The maximum Gasteiger partial charge on any atom is 0.255 e. The quantitative estimate of drug-likeness (QED) is 0.853. The highest BCUT2D eigenvalue weighted by Crippen LogP contribution is 2.22. The zero-order valence-electron chi connectivity index (χ0n) is 10.6. The van der Waals surface area contributed by atoms with E-state index in [1.165, 1.54) is 19.2 Å². The van der Waals surface area contributed by atoms with Gasteiger partial charge in [-0.25, -0.2) is 4.39 Å². The van der Waals surface area contributed by atoms with Gasteiger partial charge in [-0.1, -0.05) is 17.7 Å². The van der Waals surface area contributed by atoms with E-state index in [1.807, 2.05) is 0 Å². The van der Waals surface area contributed by atoms with Gasteiger partial charge >= 0.3 is 0 Å². The largest absolute Gasteiger partial charge is 0.378 e. The fourth-order valence-electron chi connectivity index (χ4n) is 1.89. The van der Waals surface area contributed by atoms with Crippen LogP contribution < -0.4 is 5.56 Å². The fraction of sp³-hybridized carbons (Fsp3) is 0.231. The lowest BCUT2D eigenvalue weighted by Gasteiger charge is -2.10. The molecule has 7 heteroatoms. The number of hydrogen-bond donors (Lipinski definition) is 2. The molecule has 0 aliphatic carbocycles. The molecule has 1 aromatic carbocycles. The van der Waals surface area contributed by atoms with Crippen molar-refractivity contribution in [3.05, 3.63) is 61.0 Å². The number of benzene rings is 1. The number of rotatable bonds is 4. The Hall–Kier alpha value is -1.50. The molecule has 0 saturated heterocycles. The Morgan fingerprint density at radius 1 is 1.35 bits per heavy atom. The van der Waals surface area contributed by atoms with Gasteiger partial charge in [0.1, 0.15) is 5.82 Å². The van der Waals surface area contributed by atoms with Crippen molar-refractivity contribution in [3.8, 4) is 0 Å². The summed E-state index contributed by atoms with van der Waals surface area (Å²) in [6.45, 7) is 0.176. The van der Waals surface area contributed by atoms with Crippen LogP contribution in [0.15, 0.2) is 23.0 Å². The number of aromatic amines is 2. The molecule has 0 amide bonds. The van der Waals surface area contributed by atoms with E-state index in [0.29, 0.717) is 11.3 Å². The maximum atomic E-state index is 13.8. The summed E-state index contributed by atoms with van der Waals surface area (Å²) in [5, 5.41) is 0.273. The van der Waals surface area contributed by atoms with E-state index in [4.69, 9.17) is 28.6 Å². The van der Waals surface area contributed by atoms with Gasteiger partial charge in [0.05, 0.1) is 12.3 Å². The SMILES string of the molecule is COCc1[nH]c(=S)[nH]c(=O)c1Cc1c(F)cccc1Cl. The summed E-state index contributed by atoms with van der Waals surface area (Å²) in [5.41, 5.74) is 0.760. The highest BCUT2D eigenvalue weighted by molar-refractivity contribution is 7.71. The Kier molecular flexibility index (Phi) is 4.69. The summed E-state index contributed by atoms with van der Waals surface area (Å²) in [4.78, 5) is 17.3. The zero-order chi connectivity index (χ0) is 14.7. The van der Waals surface area contributed by atoms with Gasteiger partial charge in [-0.2, -0.15) is 0 Å². The first-order valence-electron chi connectivity index (χ1n) is 5.79. The van der Waals surface area contributed by atoms with Gasteiger partial charge in [0, 0.05) is 29.7 Å². The molecule has 0 aliphatic heterocycles. The lowest BCUT2D eigenvalue weighted by atomic mass is 10.0. The first kappa shape index (κ1) is 14.9. The molecular formula is C13H12ClFN2O2S. The second kappa shape index (κ2) is 6.30. The monoisotopic (exact) mass is 314 g/mol. The van der Waals surface area contributed by atoms with Gasteiger partial charge < -0.3 is 9.72 Å². The molecule has 2 N–H and O–H groups in total. The van der Waals surface area contributed by atoms with Crippen molar-refractivity contribution < 1.29 is 9.13 Å².